The van der Waals surface area contributed by atoms with Crippen molar-refractivity contribution in [1.29, 1.82) is 0 Å². The highest BCUT2D eigenvalue weighted by molar-refractivity contribution is 5.98. The van der Waals surface area contributed by atoms with Gasteiger partial charge in [-0.1, -0.05) is 54.3 Å². The Hall–Kier alpha value is -4.28. The van der Waals surface area contributed by atoms with Gasteiger partial charge >= 0.3 is 0 Å². The molecule has 0 aliphatic carbocycles. The molecular formula is C26H21N5O2. The molecule has 1 atom stereocenters. The Morgan fingerprint density at radius 2 is 1.82 bits per heavy atom. The number of nitrogens with zero attached hydrogens (tertiary/aromatic N) is 4. The second-order valence-corrected chi connectivity index (χ2v) is 8.04. The Morgan fingerprint density at radius 3 is 2.58 bits per heavy atom. The van der Waals surface area contributed by atoms with Crippen molar-refractivity contribution in [1.82, 2.24) is 19.9 Å². The van der Waals surface area contributed by atoms with Crippen LogP contribution in [0.5, 0.6) is 0 Å². The van der Waals surface area contributed by atoms with E-state index in [1.807, 2.05) is 60.7 Å². The predicted molar refractivity (Wildman–Crippen MR) is 127 cm³/mol. The lowest BCUT2D eigenvalue weighted by Gasteiger charge is -2.13. The average molecular weight is 435 g/mol. The smallest absolute Gasteiger partial charge is 0.267 e. The van der Waals surface area contributed by atoms with E-state index in [1.54, 1.807) is 7.05 Å². The van der Waals surface area contributed by atoms with Crippen molar-refractivity contribution >= 4 is 22.8 Å². The first-order chi connectivity index (χ1) is 15.9. The first kappa shape index (κ1) is 20.6. The predicted octanol–water partition coefficient (Wildman–Crippen LogP) is 2.89. The number of likely N-dealkylation sites (N-methyl/N-ethyl adjacent to an activating group) is 1. The maximum absolute atomic E-state index is 12.2. The standard InChI is InChI=1S/C26H21N5O2/c1-31-13-12-26(33,25(31)32)11-10-17-6-5-9-19(14-17)21-15-20(18-7-3-2-4-8-18)22-23(30-21)24(27)29-16-28-22/h2-9,14-16,33H,12-13H2,1H3,(H2,27,28,29)/t26-/m0/s1. The number of hydrogen-bond donors (Lipinski definition) is 2. The molecule has 4 aromatic rings. The molecule has 0 saturated carbocycles. The minimum absolute atomic E-state index is 0.293. The molecule has 7 heteroatoms. The number of carbonyl (C=O) groups is 1. The Kier molecular flexibility index (Phi) is 5.00. The van der Waals surface area contributed by atoms with Gasteiger partial charge in [-0.25, -0.2) is 15.0 Å². The SMILES string of the molecule is CN1CC[C@@](O)(C#Cc2cccc(-c3cc(-c4ccccc4)c4ncnc(N)c4n3)c2)C1=O. The third kappa shape index (κ3) is 3.77. The number of likely N-dealkylation sites (tertiary alicyclic amines) is 1. The van der Waals surface area contributed by atoms with E-state index in [-0.39, 0.29) is 5.91 Å². The summed E-state index contributed by atoms with van der Waals surface area (Å²) in [5.41, 5.74) is 9.78. The van der Waals surface area contributed by atoms with E-state index in [0.717, 1.165) is 16.7 Å². The Bertz CT molecular complexity index is 1440. The lowest BCUT2D eigenvalue weighted by atomic mass is 9.99. The summed E-state index contributed by atoms with van der Waals surface area (Å²) in [6.45, 7) is 0.483. The lowest BCUT2D eigenvalue weighted by Crippen LogP contribution is -2.37. The minimum Gasteiger partial charge on any atom is -0.382 e. The lowest BCUT2D eigenvalue weighted by molar-refractivity contribution is -0.137. The highest BCUT2D eigenvalue weighted by Gasteiger charge is 2.42. The first-order valence-electron chi connectivity index (χ1n) is 10.5. The molecule has 0 unspecified atom stereocenters. The zero-order valence-electron chi connectivity index (χ0n) is 18.0. The van der Waals surface area contributed by atoms with Crippen molar-refractivity contribution in [2.45, 2.75) is 12.0 Å². The Balaban J connectivity index is 1.61. The van der Waals surface area contributed by atoms with Gasteiger partial charge in [-0.05, 0) is 23.8 Å². The number of amides is 1. The summed E-state index contributed by atoms with van der Waals surface area (Å²) >= 11 is 0. The summed E-state index contributed by atoms with van der Waals surface area (Å²) in [6, 6.07) is 19.4. The third-order valence-corrected chi connectivity index (χ3v) is 5.79. The molecule has 0 bridgehead atoms. The van der Waals surface area contributed by atoms with E-state index < -0.39 is 5.60 Å². The number of benzene rings is 2. The van der Waals surface area contributed by atoms with Crippen LogP contribution in [0.1, 0.15) is 12.0 Å². The number of hydrogen-bond acceptors (Lipinski definition) is 6. The fourth-order valence-corrected chi connectivity index (χ4v) is 3.94. The summed E-state index contributed by atoms with van der Waals surface area (Å²) in [5, 5.41) is 10.6. The molecular weight excluding hydrogens is 414 g/mol. The molecule has 162 valence electrons. The summed E-state index contributed by atoms with van der Waals surface area (Å²) in [5.74, 6) is 5.66. The topological polar surface area (TPSA) is 105 Å². The number of rotatable bonds is 2. The van der Waals surface area contributed by atoms with Crippen LogP contribution < -0.4 is 5.73 Å². The van der Waals surface area contributed by atoms with E-state index in [4.69, 9.17) is 10.7 Å². The Labute approximate surface area is 190 Å². The van der Waals surface area contributed by atoms with Gasteiger partial charge < -0.3 is 15.7 Å². The van der Waals surface area contributed by atoms with Crippen molar-refractivity contribution in [2.24, 2.45) is 0 Å². The van der Waals surface area contributed by atoms with E-state index in [2.05, 4.69) is 21.8 Å². The molecule has 1 amide bonds. The second-order valence-electron chi connectivity index (χ2n) is 8.04. The number of carbonyl (C=O) groups excluding carboxylic acids is 1. The fraction of sp³-hybridized carbons (Fsp3) is 0.154. The second kappa shape index (κ2) is 8.01. The molecule has 2 aromatic carbocycles. The van der Waals surface area contributed by atoms with Gasteiger partial charge in [0.05, 0.1) is 5.69 Å². The highest BCUT2D eigenvalue weighted by Crippen LogP contribution is 2.32. The molecule has 33 heavy (non-hydrogen) atoms. The molecule has 1 fully saturated rings. The minimum atomic E-state index is -1.64. The molecule has 2 aromatic heterocycles. The molecule has 3 N–H and O–H groups in total. The van der Waals surface area contributed by atoms with Crippen molar-refractivity contribution < 1.29 is 9.90 Å². The van der Waals surface area contributed by atoms with Crippen molar-refractivity contribution in [2.75, 3.05) is 19.3 Å². The molecule has 1 aliphatic heterocycles. The maximum atomic E-state index is 12.2. The van der Waals surface area contributed by atoms with Gasteiger partial charge in [0, 0.05) is 36.7 Å². The van der Waals surface area contributed by atoms with E-state index in [9.17, 15) is 9.90 Å². The average Bonchev–Trinajstić information content (AvgIpc) is 3.11. The molecule has 5 rings (SSSR count). The first-order valence-corrected chi connectivity index (χ1v) is 10.5. The van der Waals surface area contributed by atoms with Gasteiger partial charge in [0.25, 0.3) is 5.91 Å². The Morgan fingerprint density at radius 1 is 1.03 bits per heavy atom. The fourth-order valence-electron chi connectivity index (χ4n) is 3.94. The van der Waals surface area contributed by atoms with Crippen LogP contribution in [-0.4, -0.2) is 50.1 Å². The van der Waals surface area contributed by atoms with Gasteiger partial charge in [-0.3, -0.25) is 4.79 Å². The molecule has 0 radical (unpaired) electrons. The van der Waals surface area contributed by atoms with E-state index in [1.165, 1.54) is 11.2 Å². The van der Waals surface area contributed by atoms with Crippen LogP contribution in [0, 0.1) is 11.8 Å². The normalized spacial score (nSPS) is 17.8. The van der Waals surface area contributed by atoms with Crippen molar-refractivity contribution in [3.8, 4) is 34.2 Å². The van der Waals surface area contributed by atoms with Gasteiger partial charge in [0.2, 0.25) is 5.60 Å². The number of nitrogen functional groups attached to an aromatic ring is 1. The monoisotopic (exact) mass is 435 g/mol. The van der Waals surface area contributed by atoms with Crippen LogP contribution >= 0.6 is 0 Å². The van der Waals surface area contributed by atoms with Crippen LogP contribution in [0.4, 0.5) is 5.82 Å². The molecule has 1 saturated heterocycles. The van der Waals surface area contributed by atoms with Crippen LogP contribution in [0.2, 0.25) is 0 Å². The van der Waals surface area contributed by atoms with E-state index >= 15 is 0 Å². The number of anilines is 1. The van der Waals surface area contributed by atoms with Crippen molar-refractivity contribution in [3.63, 3.8) is 0 Å². The summed E-state index contributed by atoms with van der Waals surface area (Å²) in [4.78, 5) is 27.0. The zero-order chi connectivity index (χ0) is 23.0. The number of pyridine rings is 1. The quantitative estimate of drug-likeness (QED) is 0.469. The van der Waals surface area contributed by atoms with Crippen molar-refractivity contribution in [3.05, 3.63) is 72.6 Å². The number of fused-ring (bicyclic) bond motifs is 1. The maximum Gasteiger partial charge on any atom is 0.267 e. The summed E-state index contributed by atoms with van der Waals surface area (Å²) < 4.78 is 0. The largest absolute Gasteiger partial charge is 0.382 e. The van der Waals surface area contributed by atoms with Gasteiger partial charge in [-0.2, -0.15) is 0 Å². The van der Waals surface area contributed by atoms with Crippen LogP contribution in [-0.2, 0) is 4.79 Å². The van der Waals surface area contributed by atoms with Crippen LogP contribution in [0.25, 0.3) is 33.4 Å². The molecule has 1 aliphatic rings. The highest BCUT2D eigenvalue weighted by atomic mass is 16.3. The molecule has 0 spiro atoms. The summed E-state index contributed by atoms with van der Waals surface area (Å²) in [7, 11) is 1.66. The van der Waals surface area contributed by atoms with Gasteiger partial charge in [0.15, 0.2) is 5.82 Å². The number of aromatic nitrogens is 3. The molecule has 3 heterocycles. The number of aliphatic hydroxyl groups is 1. The van der Waals surface area contributed by atoms with Crippen LogP contribution in [0.3, 0.4) is 0 Å². The van der Waals surface area contributed by atoms with Crippen LogP contribution in [0.15, 0.2) is 67.0 Å². The van der Waals surface area contributed by atoms with E-state index in [0.29, 0.717) is 41.1 Å². The summed E-state index contributed by atoms with van der Waals surface area (Å²) in [6.07, 6.45) is 1.73. The molecule has 7 nitrogen and oxygen atoms in total. The number of nitrogens with two attached hydrogens (primary N) is 1. The zero-order valence-corrected chi connectivity index (χ0v) is 18.0. The third-order valence-electron chi connectivity index (χ3n) is 5.79. The van der Waals surface area contributed by atoms with Gasteiger partial charge in [-0.15, -0.1) is 0 Å². The van der Waals surface area contributed by atoms with Gasteiger partial charge in [0.1, 0.15) is 17.4 Å².